The van der Waals surface area contributed by atoms with Crippen molar-refractivity contribution in [2.45, 2.75) is 26.8 Å². The highest BCUT2D eigenvalue weighted by Crippen LogP contribution is 2.17. The SMILES string of the molecule is COCCN(C(=O)Nc1cc(C)[nH]c1C(=O)O)C(C)C. The number of hydrogen-bond acceptors (Lipinski definition) is 3. The Morgan fingerprint density at radius 1 is 1.50 bits per heavy atom. The molecule has 3 N–H and O–H groups in total. The Kier molecular flexibility index (Phi) is 5.57. The number of carboxylic acid groups (broad SMARTS) is 1. The molecule has 7 heteroatoms. The number of nitrogens with zero attached hydrogens (tertiary/aromatic N) is 1. The molecule has 0 atom stereocenters. The Morgan fingerprint density at radius 3 is 2.65 bits per heavy atom. The first kappa shape index (κ1) is 16.0. The largest absolute Gasteiger partial charge is 0.477 e. The minimum absolute atomic E-state index is 0.0153. The van der Waals surface area contributed by atoms with E-state index in [2.05, 4.69) is 10.3 Å². The zero-order valence-corrected chi connectivity index (χ0v) is 12.2. The van der Waals surface area contributed by atoms with E-state index in [1.54, 1.807) is 25.0 Å². The molecule has 20 heavy (non-hydrogen) atoms. The van der Waals surface area contributed by atoms with Crippen molar-refractivity contribution in [3.8, 4) is 0 Å². The van der Waals surface area contributed by atoms with Crippen molar-refractivity contribution in [1.82, 2.24) is 9.88 Å². The normalized spacial score (nSPS) is 10.7. The lowest BCUT2D eigenvalue weighted by Gasteiger charge is -2.26. The summed E-state index contributed by atoms with van der Waals surface area (Å²) in [4.78, 5) is 27.6. The highest BCUT2D eigenvalue weighted by molar-refractivity contribution is 5.99. The van der Waals surface area contributed by atoms with Gasteiger partial charge in [-0.3, -0.25) is 0 Å². The smallest absolute Gasteiger partial charge is 0.354 e. The summed E-state index contributed by atoms with van der Waals surface area (Å²) in [5.41, 5.74) is 0.917. The maximum atomic E-state index is 12.2. The second-order valence-electron chi connectivity index (χ2n) is 4.76. The number of carbonyl (C=O) groups excluding carboxylic acids is 1. The zero-order valence-electron chi connectivity index (χ0n) is 12.2. The molecule has 0 fully saturated rings. The van der Waals surface area contributed by atoms with E-state index >= 15 is 0 Å². The summed E-state index contributed by atoms with van der Waals surface area (Å²) in [5.74, 6) is -1.11. The van der Waals surface area contributed by atoms with Crippen LogP contribution in [-0.4, -0.2) is 53.3 Å². The molecule has 1 rings (SSSR count). The van der Waals surface area contributed by atoms with Crippen LogP contribution >= 0.6 is 0 Å². The van der Waals surface area contributed by atoms with E-state index in [-0.39, 0.29) is 23.5 Å². The van der Waals surface area contributed by atoms with Gasteiger partial charge in [-0.05, 0) is 26.8 Å². The van der Waals surface area contributed by atoms with Gasteiger partial charge in [-0.2, -0.15) is 0 Å². The molecule has 7 nitrogen and oxygen atoms in total. The monoisotopic (exact) mass is 283 g/mol. The van der Waals surface area contributed by atoms with E-state index in [0.29, 0.717) is 18.8 Å². The molecule has 1 aromatic rings. The molecule has 1 aromatic heterocycles. The van der Waals surface area contributed by atoms with E-state index in [4.69, 9.17) is 9.84 Å². The molecular formula is C13H21N3O4. The number of aromatic carboxylic acids is 1. The number of aromatic nitrogens is 1. The third kappa shape index (κ3) is 3.99. The maximum absolute atomic E-state index is 12.2. The number of aromatic amines is 1. The fourth-order valence-electron chi connectivity index (χ4n) is 1.83. The number of methoxy groups -OCH3 is 1. The second-order valence-corrected chi connectivity index (χ2v) is 4.76. The van der Waals surface area contributed by atoms with E-state index < -0.39 is 5.97 Å². The van der Waals surface area contributed by atoms with Crippen LogP contribution in [0.2, 0.25) is 0 Å². The van der Waals surface area contributed by atoms with Gasteiger partial charge in [0.2, 0.25) is 0 Å². The van der Waals surface area contributed by atoms with Crippen molar-refractivity contribution < 1.29 is 19.4 Å². The number of aryl methyl sites for hydroxylation is 1. The van der Waals surface area contributed by atoms with Gasteiger partial charge in [0.15, 0.2) is 0 Å². The number of amides is 2. The first-order valence-electron chi connectivity index (χ1n) is 6.36. The van der Waals surface area contributed by atoms with Crippen molar-refractivity contribution in [2.24, 2.45) is 0 Å². The fraction of sp³-hybridized carbons (Fsp3) is 0.538. The van der Waals surface area contributed by atoms with Gasteiger partial charge < -0.3 is 25.0 Å². The minimum Gasteiger partial charge on any atom is -0.477 e. The predicted octanol–water partition coefficient (Wildman–Crippen LogP) is 1.91. The Morgan fingerprint density at radius 2 is 2.15 bits per heavy atom. The van der Waals surface area contributed by atoms with Crippen LogP contribution in [0.4, 0.5) is 10.5 Å². The number of anilines is 1. The highest BCUT2D eigenvalue weighted by atomic mass is 16.5. The molecule has 1 heterocycles. The molecule has 0 bridgehead atoms. The van der Waals surface area contributed by atoms with Crippen LogP contribution in [0.15, 0.2) is 6.07 Å². The van der Waals surface area contributed by atoms with Crippen LogP contribution in [0, 0.1) is 6.92 Å². The van der Waals surface area contributed by atoms with E-state index in [9.17, 15) is 9.59 Å². The van der Waals surface area contributed by atoms with Gasteiger partial charge in [-0.15, -0.1) is 0 Å². The van der Waals surface area contributed by atoms with Crippen molar-refractivity contribution >= 4 is 17.7 Å². The fourth-order valence-corrected chi connectivity index (χ4v) is 1.83. The minimum atomic E-state index is -1.11. The van der Waals surface area contributed by atoms with Crippen molar-refractivity contribution in [1.29, 1.82) is 0 Å². The van der Waals surface area contributed by atoms with Gasteiger partial charge in [-0.25, -0.2) is 9.59 Å². The lowest BCUT2D eigenvalue weighted by molar-refractivity contribution is 0.0692. The number of ether oxygens (including phenoxy) is 1. The number of carbonyl (C=O) groups is 2. The molecule has 0 unspecified atom stereocenters. The molecule has 0 aromatic carbocycles. The number of nitrogens with one attached hydrogen (secondary N) is 2. The molecule has 2 amide bonds. The predicted molar refractivity (Wildman–Crippen MR) is 75.2 cm³/mol. The molecule has 112 valence electrons. The number of carboxylic acids is 1. The van der Waals surface area contributed by atoms with Crippen molar-refractivity contribution in [3.05, 3.63) is 17.5 Å². The van der Waals surface area contributed by atoms with Crippen molar-refractivity contribution in [2.75, 3.05) is 25.6 Å². The quantitative estimate of drug-likeness (QED) is 0.743. The standard InChI is InChI=1S/C13H21N3O4/c1-8(2)16(5-6-20-4)13(19)15-10-7-9(3)14-11(10)12(17)18/h7-8,14H,5-6H2,1-4H3,(H,15,19)(H,17,18). The average Bonchev–Trinajstić information content (AvgIpc) is 2.70. The maximum Gasteiger partial charge on any atom is 0.354 e. The summed E-state index contributed by atoms with van der Waals surface area (Å²) >= 11 is 0. The van der Waals surface area contributed by atoms with Gasteiger partial charge in [-0.1, -0.05) is 0 Å². The molecule has 0 aliphatic heterocycles. The Hall–Kier alpha value is -2.02. The molecule has 0 aliphatic rings. The molecule has 0 saturated carbocycles. The highest BCUT2D eigenvalue weighted by Gasteiger charge is 2.20. The lowest BCUT2D eigenvalue weighted by atomic mass is 10.3. The van der Waals surface area contributed by atoms with Crippen LogP contribution in [0.25, 0.3) is 0 Å². The summed E-state index contributed by atoms with van der Waals surface area (Å²) in [6.07, 6.45) is 0. The van der Waals surface area contributed by atoms with Gasteiger partial charge in [0.25, 0.3) is 0 Å². The molecular weight excluding hydrogens is 262 g/mol. The third-order valence-corrected chi connectivity index (χ3v) is 2.83. The Balaban J connectivity index is 2.85. The number of hydrogen-bond donors (Lipinski definition) is 3. The van der Waals surface area contributed by atoms with Gasteiger partial charge in [0, 0.05) is 25.4 Å². The summed E-state index contributed by atoms with van der Waals surface area (Å²) in [7, 11) is 1.56. The van der Waals surface area contributed by atoms with Gasteiger partial charge in [0.1, 0.15) is 5.69 Å². The topological polar surface area (TPSA) is 94.7 Å². The zero-order chi connectivity index (χ0) is 15.3. The van der Waals surface area contributed by atoms with E-state index in [0.717, 1.165) is 0 Å². The number of urea groups is 1. The van der Waals surface area contributed by atoms with Crippen LogP contribution in [0.5, 0.6) is 0 Å². The summed E-state index contributed by atoms with van der Waals surface area (Å²) in [5, 5.41) is 11.7. The average molecular weight is 283 g/mol. The van der Waals surface area contributed by atoms with Crippen molar-refractivity contribution in [3.63, 3.8) is 0 Å². The first-order chi connectivity index (χ1) is 9.36. The van der Waals surface area contributed by atoms with Gasteiger partial charge in [0.05, 0.1) is 12.3 Å². The first-order valence-corrected chi connectivity index (χ1v) is 6.36. The second kappa shape index (κ2) is 6.95. The lowest BCUT2D eigenvalue weighted by Crippen LogP contribution is -2.42. The Labute approximate surface area is 117 Å². The molecule has 0 spiro atoms. The van der Waals surface area contributed by atoms with Crippen LogP contribution in [0.3, 0.4) is 0 Å². The van der Waals surface area contributed by atoms with Crippen LogP contribution in [-0.2, 0) is 4.74 Å². The molecule has 0 saturated heterocycles. The summed E-state index contributed by atoms with van der Waals surface area (Å²) in [6.45, 7) is 6.36. The summed E-state index contributed by atoms with van der Waals surface area (Å²) < 4.78 is 4.97. The number of H-pyrrole nitrogens is 1. The molecule has 0 aliphatic carbocycles. The van der Waals surface area contributed by atoms with Crippen LogP contribution < -0.4 is 5.32 Å². The Bertz CT molecular complexity index is 482. The van der Waals surface area contributed by atoms with Gasteiger partial charge >= 0.3 is 12.0 Å². The van der Waals surface area contributed by atoms with E-state index in [1.165, 1.54) is 0 Å². The molecule has 0 radical (unpaired) electrons. The third-order valence-electron chi connectivity index (χ3n) is 2.83. The summed E-state index contributed by atoms with van der Waals surface area (Å²) in [6, 6.07) is 1.23. The number of rotatable bonds is 6. The van der Waals surface area contributed by atoms with Crippen LogP contribution in [0.1, 0.15) is 30.0 Å². The van der Waals surface area contributed by atoms with E-state index in [1.807, 2.05) is 13.8 Å².